The molecule has 0 aliphatic rings. The summed E-state index contributed by atoms with van der Waals surface area (Å²) in [5.41, 5.74) is 7.07. The van der Waals surface area contributed by atoms with Crippen molar-refractivity contribution in [1.29, 1.82) is 0 Å². The van der Waals surface area contributed by atoms with Crippen LogP contribution in [0, 0.1) is 0 Å². The molecule has 1 rings (SSSR count). The molecule has 3 N–H and O–H groups in total. The van der Waals surface area contributed by atoms with E-state index in [2.05, 4.69) is 5.32 Å². The lowest BCUT2D eigenvalue weighted by Crippen LogP contribution is -2.10. The van der Waals surface area contributed by atoms with Gasteiger partial charge in [-0.3, -0.25) is 0 Å². The Morgan fingerprint density at radius 2 is 2.12 bits per heavy atom. The summed E-state index contributed by atoms with van der Waals surface area (Å²) in [6.45, 7) is -0.347. The largest absolute Gasteiger partial charge is 0.487 e. The van der Waals surface area contributed by atoms with Gasteiger partial charge in [0.1, 0.15) is 12.4 Å². The van der Waals surface area contributed by atoms with E-state index in [4.69, 9.17) is 10.5 Å². The standard InChI is InChI=1S/C10H14F2N2O.ClH/c1-14-8-2-3-9(7(4-8)5-13)15-6-10(11)12;/h2-4,10,14H,5-6,13H2,1H3;1H. The molecule has 1 aromatic rings. The van der Waals surface area contributed by atoms with Crippen molar-refractivity contribution in [3.8, 4) is 5.75 Å². The molecule has 0 aliphatic carbocycles. The van der Waals surface area contributed by atoms with E-state index >= 15 is 0 Å². The molecule has 0 saturated heterocycles. The number of rotatable bonds is 5. The second kappa shape index (κ2) is 7.24. The van der Waals surface area contributed by atoms with E-state index in [1.165, 1.54) is 0 Å². The SMILES string of the molecule is CNc1ccc(OCC(F)F)c(CN)c1.Cl. The van der Waals surface area contributed by atoms with Gasteiger partial charge in [-0.05, 0) is 18.2 Å². The maximum Gasteiger partial charge on any atom is 0.272 e. The van der Waals surface area contributed by atoms with Gasteiger partial charge in [-0.15, -0.1) is 12.4 Å². The molecule has 16 heavy (non-hydrogen) atoms. The fraction of sp³-hybridized carbons (Fsp3) is 0.400. The zero-order valence-electron chi connectivity index (χ0n) is 8.87. The number of benzene rings is 1. The molecule has 0 radical (unpaired) electrons. The Morgan fingerprint density at radius 1 is 1.44 bits per heavy atom. The number of halogens is 3. The monoisotopic (exact) mass is 252 g/mol. The Balaban J connectivity index is 0.00000225. The first-order valence-electron chi connectivity index (χ1n) is 4.59. The highest BCUT2D eigenvalue weighted by atomic mass is 35.5. The van der Waals surface area contributed by atoms with Crippen LogP contribution in [-0.4, -0.2) is 20.1 Å². The van der Waals surface area contributed by atoms with Gasteiger partial charge < -0.3 is 15.8 Å². The zero-order valence-corrected chi connectivity index (χ0v) is 9.69. The molecule has 0 spiro atoms. The molecule has 0 aliphatic heterocycles. The van der Waals surface area contributed by atoms with Crippen LogP contribution in [0.4, 0.5) is 14.5 Å². The van der Waals surface area contributed by atoms with Crippen molar-refractivity contribution < 1.29 is 13.5 Å². The van der Waals surface area contributed by atoms with Crippen LogP contribution in [0.5, 0.6) is 5.75 Å². The maximum absolute atomic E-state index is 11.9. The molecule has 0 bridgehead atoms. The summed E-state index contributed by atoms with van der Waals surface area (Å²) in [7, 11) is 1.77. The van der Waals surface area contributed by atoms with Crippen LogP contribution in [0.3, 0.4) is 0 Å². The van der Waals surface area contributed by atoms with Gasteiger partial charge in [0.2, 0.25) is 0 Å². The van der Waals surface area contributed by atoms with Gasteiger partial charge in [-0.1, -0.05) is 0 Å². The molecule has 0 unspecified atom stereocenters. The Bertz CT molecular complexity index is 324. The minimum absolute atomic E-state index is 0. The zero-order chi connectivity index (χ0) is 11.3. The van der Waals surface area contributed by atoms with Gasteiger partial charge in [0.15, 0.2) is 0 Å². The number of hydrogen-bond acceptors (Lipinski definition) is 3. The lowest BCUT2D eigenvalue weighted by molar-refractivity contribution is 0.0814. The molecule has 0 atom stereocenters. The molecule has 0 saturated carbocycles. The second-order valence-corrected chi connectivity index (χ2v) is 2.98. The van der Waals surface area contributed by atoms with Gasteiger partial charge in [0.25, 0.3) is 6.43 Å². The number of nitrogens with two attached hydrogens (primary N) is 1. The minimum Gasteiger partial charge on any atom is -0.487 e. The Kier molecular flexibility index (Phi) is 6.76. The van der Waals surface area contributed by atoms with Gasteiger partial charge in [0, 0.05) is 24.8 Å². The summed E-state index contributed by atoms with van der Waals surface area (Å²) in [6.07, 6.45) is -2.47. The van der Waals surface area contributed by atoms with Crippen LogP contribution in [0.25, 0.3) is 0 Å². The predicted molar refractivity (Wildman–Crippen MR) is 62.6 cm³/mol. The average Bonchev–Trinajstić information content (AvgIpc) is 2.25. The van der Waals surface area contributed by atoms with E-state index in [1.54, 1.807) is 25.2 Å². The van der Waals surface area contributed by atoms with Gasteiger partial charge in [0.05, 0.1) is 0 Å². The first kappa shape index (κ1) is 14.9. The smallest absolute Gasteiger partial charge is 0.272 e. The van der Waals surface area contributed by atoms with Crippen molar-refractivity contribution in [1.82, 2.24) is 0 Å². The molecule has 0 heterocycles. The first-order valence-corrected chi connectivity index (χ1v) is 4.59. The van der Waals surface area contributed by atoms with E-state index in [0.717, 1.165) is 5.69 Å². The number of nitrogens with one attached hydrogen (secondary N) is 1. The van der Waals surface area contributed by atoms with Crippen molar-refractivity contribution >= 4 is 18.1 Å². The highest BCUT2D eigenvalue weighted by Crippen LogP contribution is 2.22. The van der Waals surface area contributed by atoms with Crippen molar-refractivity contribution in [2.24, 2.45) is 5.73 Å². The third-order valence-corrected chi connectivity index (χ3v) is 1.93. The van der Waals surface area contributed by atoms with Crippen LogP contribution in [0.1, 0.15) is 5.56 Å². The third-order valence-electron chi connectivity index (χ3n) is 1.93. The second-order valence-electron chi connectivity index (χ2n) is 2.98. The Morgan fingerprint density at radius 3 is 2.62 bits per heavy atom. The summed E-state index contributed by atoms with van der Waals surface area (Å²) in [6, 6.07) is 5.16. The van der Waals surface area contributed by atoms with Crippen LogP contribution in [-0.2, 0) is 6.54 Å². The van der Waals surface area contributed by atoms with Crippen molar-refractivity contribution in [3.05, 3.63) is 23.8 Å². The van der Waals surface area contributed by atoms with Crippen LogP contribution in [0.15, 0.2) is 18.2 Å². The quantitative estimate of drug-likeness (QED) is 0.845. The van der Waals surface area contributed by atoms with Gasteiger partial charge >= 0.3 is 0 Å². The van der Waals surface area contributed by atoms with E-state index in [1.807, 2.05) is 0 Å². The van der Waals surface area contributed by atoms with Crippen molar-refractivity contribution in [2.75, 3.05) is 19.0 Å². The average molecular weight is 253 g/mol. The summed E-state index contributed by atoms with van der Waals surface area (Å²) < 4.78 is 28.8. The molecular formula is C10H15ClF2N2O. The Labute approximate surface area is 99.4 Å². The normalized spacial score (nSPS) is 9.81. The fourth-order valence-electron chi connectivity index (χ4n) is 1.19. The summed E-state index contributed by atoms with van der Waals surface area (Å²) >= 11 is 0. The van der Waals surface area contributed by atoms with E-state index in [-0.39, 0.29) is 19.0 Å². The number of ether oxygens (including phenoxy) is 1. The first-order chi connectivity index (χ1) is 7.17. The van der Waals surface area contributed by atoms with Crippen LogP contribution < -0.4 is 15.8 Å². The minimum atomic E-state index is -2.47. The molecular weight excluding hydrogens is 238 g/mol. The molecule has 0 aromatic heterocycles. The summed E-state index contributed by atoms with van der Waals surface area (Å²) in [5.74, 6) is 0.414. The van der Waals surface area contributed by atoms with E-state index < -0.39 is 13.0 Å². The molecule has 0 fully saturated rings. The lowest BCUT2D eigenvalue weighted by Gasteiger charge is -2.11. The number of alkyl halides is 2. The van der Waals surface area contributed by atoms with Gasteiger partial charge in [-0.2, -0.15) is 0 Å². The molecule has 1 aromatic carbocycles. The molecule has 6 heteroatoms. The van der Waals surface area contributed by atoms with Crippen LogP contribution in [0.2, 0.25) is 0 Å². The highest BCUT2D eigenvalue weighted by Gasteiger charge is 2.07. The highest BCUT2D eigenvalue weighted by molar-refractivity contribution is 5.85. The van der Waals surface area contributed by atoms with Crippen molar-refractivity contribution in [2.45, 2.75) is 13.0 Å². The summed E-state index contributed by atoms with van der Waals surface area (Å²) in [4.78, 5) is 0. The predicted octanol–water partition coefficient (Wildman–Crippen LogP) is 2.25. The van der Waals surface area contributed by atoms with Gasteiger partial charge in [-0.25, -0.2) is 8.78 Å². The topological polar surface area (TPSA) is 47.3 Å². The fourth-order valence-corrected chi connectivity index (χ4v) is 1.19. The third kappa shape index (κ3) is 4.20. The summed E-state index contributed by atoms with van der Waals surface area (Å²) in [5, 5.41) is 2.93. The van der Waals surface area contributed by atoms with E-state index in [9.17, 15) is 8.78 Å². The maximum atomic E-state index is 11.9. The Hall–Kier alpha value is -1.07. The van der Waals surface area contributed by atoms with E-state index in [0.29, 0.717) is 11.3 Å². The van der Waals surface area contributed by atoms with Crippen LogP contribution >= 0.6 is 12.4 Å². The molecule has 3 nitrogen and oxygen atoms in total. The number of anilines is 1. The van der Waals surface area contributed by atoms with Crippen molar-refractivity contribution in [3.63, 3.8) is 0 Å². The number of hydrogen-bond donors (Lipinski definition) is 2. The molecule has 0 amide bonds. The molecule has 92 valence electrons. The lowest BCUT2D eigenvalue weighted by atomic mass is 10.2.